The number of rotatable bonds is 10. The standard InChI is InChI=1S/C24H23N3O7/c1-14-11-16(33-10-9-32-8-7-28)4-5-18(14)27-23-20(24(30)31)21(29)19(34-23)12-15-13-26-22-17(15)3-2-6-25-22/h2-6,11-13,27-29H,7-10H2,1H3,(H,30,31). The SMILES string of the molecule is Cc1cc(OCCOCCO)ccc1Nc1oc(C=C2C=Nc3ncccc32)c(O)c1C(=O)O. The summed E-state index contributed by atoms with van der Waals surface area (Å²) >= 11 is 0. The third kappa shape index (κ3) is 4.92. The summed E-state index contributed by atoms with van der Waals surface area (Å²) in [6.07, 6.45) is 4.72. The molecule has 0 saturated carbocycles. The van der Waals surface area contributed by atoms with Gasteiger partial charge in [-0.15, -0.1) is 0 Å². The van der Waals surface area contributed by atoms with E-state index in [0.29, 0.717) is 36.0 Å². The van der Waals surface area contributed by atoms with E-state index in [-0.39, 0.29) is 30.4 Å². The van der Waals surface area contributed by atoms with E-state index < -0.39 is 11.7 Å². The van der Waals surface area contributed by atoms with Crippen LogP contribution in [0, 0.1) is 6.92 Å². The zero-order valence-electron chi connectivity index (χ0n) is 18.3. The predicted molar refractivity (Wildman–Crippen MR) is 125 cm³/mol. The molecule has 10 nitrogen and oxygen atoms in total. The Bertz CT molecular complexity index is 1260. The Kier molecular flexibility index (Phi) is 6.90. The molecular formula is C24H23N3O7. The van der Waals surface area contributed by atoms with Crippen molar-refractivity contribution in [2.75, 3.05) is 31.7 Å². The van der Waals surface area contributed by atoms with E-state index in [4.69, 9.17) is 19.0 Å². The Morgan fingerprint density at radius 2 is 2.09 bits per heavy atom. The number of anilines is 2. The third-order valence-corrected chi connectivity index (χ3v) is 5.01. The van der Waals surface area contributed by atoms with E-state index in [1.165, 1.54) is 6.08 Å². The molecule has 1 aromatic carbocycles. The van der Waals surface area contributed by atoms with Crippen LogP contribution in [0.2, 0.25) is 0 Å². The topological polar surface area (TPSA) is 147 Å². The van der Waals surface area contributed by atoms with Gasteiger partial charge in [-0.3, -0.25) is 0 Å². The fourth-order valence-corrected chi connectivity index (χ4v) is 3.38. The minimum Gasteiger partial charge on any atom is -0.504 e. The van der Waals surface area contributed by atoms with Gasteiger partial charge in [-0.25, -0.2) is 14.8 Å². The van der Waals surface area contributed by atoms with Crippen molar-refractivity contribution in [3.05, 3.63) is 59.0 Å². The number of aliphatic hydroxyl groups is 1. The van der Waals surface area contributed by atoms with Crippen molar-refractivity contribution in [2.45, 2.75) is 6.92 Å². The monoisotopic (exact) mass is 465 g/mol. The number of benzene rings is 1. The van der Waals surface area contributed by atoms with Crippen LogP contribution < -0.4 is 10.1 Å². The van der Waals surface area contributed by atoms with Gasteiger partial charge >= 0.3 is 5.97 Å². The molecule has 0 spiro atoms. The number of aliphatic hydroxyl groups excluding tert-OH is 1. The van der Waals surface area contributed by atoms with Crippen molar-refractivity contribution in [1.82, 2.24) is 4.98 Å². The summed E-state index contributed by atoms with van der Waals surface area (Å²) < 4.78 is 16.5. The molecule has 0 unspecified atom stereocenters. The smallest absolute Gasteiger partial charge is 0.345 e. The first-order valence-electron chi connectivity index (χ1n) is 10.5. The van der Waals surface area contributed by atoms with Crippen LogP contribution in [-0.2, 0) is 4.74 Å². The molecule has 176 valence electrons. The molecule has 3 aromatic rings. The van der Waals surface area contributed by atoms with Crippen LogP contribution in [-0.4, -0.2) is 58.9 Å². The number of aliphatic imine (C=N–C) groups is 1. The van der Waals surface area contributed by atoms with Gasteiger partial charge in [0.2, 0.25) is 5.88 Å². The lowest BCUT2D eigenvalue weighted by atomic mass is 10.1. The summed E-state index contributed by atoms with van der Waals surface area (Å²) in [6, 6.07) is 8.79. The number of nitrogens with zero attached hydrogens (tertiary/aromatic N) is 2. The highest BCUT2D eigenvalue weighted by Gasteiger charge is 2.26. The van der Waals surface area contributed by atoms with Gasteiger partial charge in [-0.1, -0.05) is 0 Å². The second kappa shape index (κ2) is 10.2. The van der Waals surface area contributed by atoms with Crippen LogP contribution >= 0.6 is 0 Å². The van der Waals surface area contributed by atoms with Gasteiger partial charge in [0.25, 0.3) is 0 Å². The van der Waals surface area contributed by atoms with Crippen molar-refractivity contribution in [3.63, 3.8) is 0 Å². The number of fused-ring (bicyclic) bond motifs is 1. The lowest BCUT2D eigenvalue weighted by molar-refractivity contribution is 0.0694. The summed E-state index contributed by atoms with van der Waals surface area (Å²) in [5, 5.41) is 31.9. The molecule has 0 aliphatic carbocycles. The molecule has 0 fully saturated rings. The fourth-order valence-electron chi connectivity index (χ4n) is 3.38. The predicted octanol–water partition coefficient (Wildman–Crippen LogP) is 3.77. The average molecular weight is 465 g/mol. The van der Waals surface area contributed by atoms with Crippen LogP contribution in [0.1, 0.15) is 27.2 Å². The third-order valence-electron chi connectivity index (χ3n) is 5.01. The highest BCUT2D eigenvalue weighted by atomic mass is 16.5. The van der Waals surface area contributed by atoms with E-state index in [1.807, 2.05) is 13.0 Å². The van der Waals surface area contributed by atoms with Crippen LogP contribution in [0.15, 0.2) is 45.9 Å². The zero-order chi connectivity index (χ0) is 24.1. The van der Waals surface area contributed by atoms with Crippen molar-refractivity contribution in [2.24, 2.45) is 4.99 Å². The van der Waals surface area contributed by atoms with Crippen LogP contribution in [0.3, 0.4) is 0 Å². The lowest BCUT2D eigenvalue weighted by Gasteiger charge is -2.11. The number of aromatic hydroxyl groups is 1. The Hall–Kier alpha value is -4.15. The number of aromatic carboxylic acids is 1. The number of hydrogen-bond acceptors (Lipinski definition) is 9. The van der Waals surface area contributed by atoms with Gasteiger partial charge < -0.3 is 34.5 Å². The number of nitrogens with one attached hydrogen (secondary N) is 1. The summed E-state index contributed by atoms with van der Waals surface area (Å²) in [4.78, 5) is 20.2. The summed E-state index contributed by atoms with van der Waals surface area (Å²) in [6.45, 7) is 2.69. The Morgan fingerprint density at radius 3 is 2.85 bits per heavy atom. The number of carboxylic acids is 1. The lowest BCUT2D eigenvalue weighted by Crippen LogP contribution is -2.09. The Morgan fingerprint density at radius 1 is 1.24 bits per heavy atom. The first-order chi connectivity index (χ1) is 16.5. The van der Waals surface area contributed by atoms with Crippen molar-refractivity contribution in [1.29, 1.82) is 0 Å². The summed E-state index contributed by atoms with van der Waals surface area (Å²) in [7, 11) is 0. The number of ether oxygens (including phenoxy) is 2. The van der Waals surface area contributed by atoms with E-state index in [9.17, 15) is 15.0 Å². The summed E-state index contributed by atoms with van der Waals surface area (Å²) in [5.41, 5.74) is 2.35. The van der Waals surface area contributed by atoms with Crippen molar-refractivity contribution in [3.8, 4) is 11.5 Å². The molecule has 0 saturated heterocycles. The minimum atomic E-state index is -1.34. The number of carbonyl (C=O) groups is 1. The minimum absolute atomic E-state index is 0.0152. The second-order valence-electron chi connectivity index (χ2n) is 7.34. The van der Waals surface area contributed by atoms with E-state index in [0.717, 1.165) is 11.1 Å². The van der Waals surface area contributed by atoms with Crippen LogP contribution in [0.25, 0.3) is 11.6 Å². The molecule has 2 aromatic heterocycles. The molecule has 34 heavy (non-hydrogen) atoms. The highest BCUT2D eigenvalue weighted by Crippen LogP contribution is 2.39. The molecule has 4 rings (SSSR count). The molecule has 3 heterocycles. The first-order valence-corrected chi connectivity index (χ1v) is 10.5. The molecule has 4 N–H and O–H groups in total. The molecule has 1 aliphatic heterocycles. The average Bonchev–Trinajstić information content (AvgIpc) is 3.36. The van der Waals surface area contributed by atoms with Gasteiger partial charge in [0.1, 0.15) is 12.4 Å². The maximum Gasteiger partial charge on any atom is 0.345 e. The van der Waals surface area contributed by atoms with Gasteiger partial charge in [0.15, 0.2) is 22.9 Å². The number of furan rings is 1. The van der Waals surface area contributed by atoms with E-state index >= 15 is 0 Å². The quantitative estimate of drug-likeness (QED) is 0.328. The van der Waals surface area contributed by atoms with Gasteiger partial charge in [0.05, 0.1) is 19.8 Å². The largest absolute Gasteiger partial charge is 0.504 e. The molecule has 10 heteroatoms. The molecule has 0 atom stereocenters. The maximum absolute atomic E-state index is 11.8. The molecule has 0 amide bonds. The van der Waals surface area contributed by atoms with E-state index in [2.05, 4.69) is 15.3 Å². The van der Waals surface area contributed by atoms with Crippen molar-refractivity contribution < 1.29 is 34.0 Å². The number of aryl methyl sites for hydroxylation is 1. The second-order valence-corrected chi connectivity index (χ2v) is 7.34. The Balaban J connectivity index is 1.55. The maximum atomic E-state index is 11.8. The number of pyridine rings is 1. The van der Waals surface area contributed by atoms with Crippen molar-refractivity contribution >= 4 is 41.2 Å². The van der Waals surface area contributed by atoms with Crippen LogP contribution in [0.4, 0.5) is 17.4 Å². The van der Waals surface area contributed by atoms with Crippen LogP contribution in [0.5, 0.6) is 11.5 Å². The Labute approximate surface area is 194 Å². The first kappa shape index (κ1) is 23.0. The fraction of sp³-hybridized carbons (Fsp3) is 0.208. The zero-order valence-corrected chi connectivity index (χ0v) is 18.3. The number of aromatic nitrogens is 1. The number of allylic oxidation sites excluding steroid dienone is 1. The molecule has 0 radical (unpaired) electrons. The van der Waals surface area contributed by atoms with Gasteiger partial charge in [-0.2, -0.15) is 0 Å². The van der Waals surface area contributed by atoms with E-state index in [1.54, 1.807) is 36.7 Å². The number of hydrogen-bond donors (Lipinski definition) is 4. The highest BCUT2D eigenvalue weighted by molar-refractivity contribution is 6.21. The van der Waals surface area contributed by atoms with Gasteiger partial charge in [-0.05, 0) is 48.9 Å². The molecule has 0 bridgehead atoms. The molecule has 1 aliphatic rings. The summed E-state index contributed by atoms with van der Waals surface area (Å²) in [5.74, 6) is -0.806. The normalized spacial score (nSPS) is 13.3. The number of carboxylic acid groups (broad SMARTS) is 1. The molecular weight excluding hydrogens is 442 g/mol. The van der Waals surface area contributed by atoms with Gasteiger partial charge in [0, 0.05) is 29.2 Å².